The first-order valence-corrected chi connectivity index (χ1v) is 10.9. The van der Waals surface area contributed by atoms with Gasteiger partial charge < -0.3 is 24.8 Å². The molecule has 131 valence electrons. The molecular weight excluding hydrogens is 454 g/mol. The molecule has 2 aromatic carbocycles. The standard InChI is InChI=1S/C22H21Si.2ClH.Zr/c1-4-15-9-7-11-18(15)22-20-14-16-8-5-6-10-17(16)19(20)12-13-21(22)23(2)3;;;/h5-10,12-13H,4,11H2,1-3H3;2*1H;/q-1;;;+3/p-2. The van der Waals surface area contributed by atoms with Crippen molar-refractivity contribution in [2.45, 2.75) is 32.9 Å². The van der Waals surface area contributed by atoms with Crippen molar-refractivity contribution >= 4 is 20.1 Å². The Kier molecular flexibility index (Phi) is 8.68. The van der Waals surface area contributed by atoms with Crippen LogP contribution in [-0.2, 0) is 26.2 Å². The van der Waals surface area contributed by atoms with E-state index in [-0.39, 0.29) is 51.0 Å². The van der Waals surface area contributed by atoms with Gasteiger partial charge in [-0.25, -0.2) is 0 Å². The number of halogens is 2. The van der Waals surface area contributed by atoms with Crippen molar-refractivity contribution < 1.29 is 51.0 Å². The molecule has 0 saturated heterocycles. The largest absolute Gasteiger partial charge is 3.00 e. The Balaban J connectivity index is 0.00000113. The van der Waals surface area contributed by atoms with E-state index in [1.54, 1.807) is 4.81 Å². The summed E-state index contributed by atoms with van der Waals surface area (Å²) in [6, 6.07) is 13.4. The molecule has 2 aromatic rings. The molecule has 0 N–H and O–H groups in total. The smallest absolute Gasteiger partial charge is 1.00 e. The van der Waals surface area contributed by atoms with Crippen molar-refractivity contribution in [3.8, 4) is 0 Å². The molecule has 0 spiro atoms. The van der Waals surface area contributed by atoms with E-state index >= 15 is 0 Å². The summed E-state index contributed by atoms with van der Waals surface area (Å²) in [5.41, 5.74) is 5.85. The third kappa shape index (κ3) is 3.85. The van der Waals surface area contributed by atoms with Gasteiger partial charge in [-0.2, -0.15) is 0 Å². The third-order valence-electron chi connectivity index (χ3n) is 4.93. The van der Waals surface area contributed by atoms with Crippen LogP contribution in [0.3, 0.4) is 0 Å². The Hall–Kier alpha value is -0.530. The molecule has 0 bridgehead atoms. The van der Waals surface area contributed by atoms with Gasteiger partial charge in [-0.3, -0.25) is 0 Å². The second-order valence-electron chi connectivity index (χ2n) is 6.55. The summed E-state index contributed by atoms with van der Waals surface area (Å²) in [7, 11) is -0.519. The molecule has 26 heavy (non-hydrogen) atoms. The van der Waals surface area contributed by atoms with E-state index in [4.69, 9.17) is 0 Å². The first kappa shape index (κ1) is 23.5. The zero-order chi connectivity index (χ0) is 16.0. The molecule has 0 atom stereocenters. The maximum absolute atomic E-state index is 3.72. The molecule has 4 heteroatoms. The van der Waals surface area contributed by atoms with Crippen molar-refractivity contribution in [2.75, 3.05) is 0 Å². The van der Waals surface area contributed by atoms with Gasteiger partial charge in [0, 0.05) is 8.41 Å². The van der Waals surface area contributed by atoms with Crippen LogP contribution >= 0.6 is 0 Å². The van der Waals surface area contributed by atoms with Crippen molar-refractivity contribution in [1.82, 2.24) is 0 Å². The average Bonchev–Trinajstić information content (AvgIpc) is 3.17. The van der Waals surface area contributed by atoms with Crippen LogP contribution < -0.4 is 30.0 Å². The number of fused-ring (bicyclic) bond motifs is 2. The monoisotopic (exact) mass is 473 g/mol. The first-order valence-electron chi connectivity index (χ1n) is 8.43. The van der Waals surface area contributed by atoms with E-state index < -0.39 is 8.41 Å². The van der Waals surface area contributed by atoms with Gasteiger partial charge in [0.05, 0.1) is 0 Å². The summed E-state index contributed by atoms with van der Waals surface area (Å²) < 4.78 is 0. The summed E-state index contributed by atoms with van der Waals surface area (Å²) in [4.78, 5) is 1.55. The van der Waals surface area contributed by atoms with E-state index in [9.17, 15) is 0 Å². The molecule has 0 aliphatic heterocycles. The van der Waals surface area contributed by atoms with Crippen LogP contribution in [-0.4, -0.2) is 8.41 Å². The van der Waals surface area contributed by atoms with Gasteiger partial charge in [-0.15, -0.1) is 33.4 Å². The molecule has 0 amide bonds. The molecular formula is C22H21Cl2SiZr. The second kappa shape index (κ2) is 9.60. The predicted molar refractivity (Wildman–Crippen MR) is 100.0 cm³/mol. The second-order valence-corrected chi connectivity index (χ2v) is 9.08. The quantitative estimate of drug-likeness (QED) is 0.320. The maximum Gasteiger partial charge on any atom is 3.00 e. The topological polar surface area (TPSA) is 0 Å². The maximum atomic E-state index is 3.72. The number of rotatable bonds is 2. The van der Waals surface area contributed by atoms with Gasteiger partial charge >= 0.3 is 26.2 Å². The van der Waals surface area contributed by atoms with Crippen LogP contribution in [0.2, 0.25) is 13.1 Å². The molecule has 2 aliphatic rings. The summed E-state index contributed by atoms with van der Waals surface area (Å²) in [6.45, 7) is 7.05. The van der Waals surface area contributed by atoms with E-state index in [0.717, 1.165) is 12.8 Å². The zero-order valence-corrected chi connectivity index (χ0v) is 20.3. The van der Waals surface area contributed by atoms with Gasteiger partial charge in [-0.05, 0) is 12.8 Å². The van der Waals surface area contributed by atoms with Crippen LogP contribution in [0.5, 0.6) is 0 Å². The molecule has 0 saturated carbocycles. The van der Waals surface area contributed by atoms with Crippen LogP contribution in [0.1, 0.15) is 30.9 Å². The van der Waals surface area contributed by atoms with E-state index in [2.05, 4.69) is 74.6 Å². The minimum Gasteiger partial charge on any atom is -1.00 e. The Morgan fingerprint density at radius 3 is 2.42 bits per heavy atom. The number of hydrogen-bond donors (Lipinski definition) is 0. The third-order valence-corrected chi connectivity index (χ3v) is 6.43. The average molecular weight is 476 g/mol. The Bertz CT molecular complexity index is 1090. The van der Waals surface area contributed by atoms with E-state index in [1.807, 2.05) is 0 Å². The van der Waals surface area contributed by atoms with E-state index in [0.29, 0.717) is 0 Å². The van der Waals surface area contributed by atoms with Gasteiger partial charge in [0.1, 0.15) is 0 Å². The van der Waals surface area contributed by atoms with Crippen molar-refractivity contribution in [3.63, 3.8) is 0 Å². The Labute approximate surface area is 188 Å². The normalized spacial score (nSPS) is 13.0. The van der Waals surface area contributed by atoms with Gasteiger partial charge in [0.25, 0.3) is 0 Å². The number of hydrogen-bond acceptors (Lipinski definition) is 0. The molecule has 2 aliphatic carbocycles. The number of benzene rings is 2. The summed E-state index contributed by atoms with van der Waals surface area (Å²) in [5, 5.41) is 3.94. The van der Waals surface area contributed by atoms with Crippen LogP contribution in [0, 0.1) is 15.3 Å². The summed E-state index contributed by atoms with van der Waals surface area (Å²) in [5.74, 6) is 0. The minimum atomic E-state index is -0.519. The fourth-order valence-electron chi connectivity index (χ4n) is 3.79. The van der Waals surface area contributed by atoms with Gasteiger partial charge in [0.15, 0.2) is 0 Å². The molecule has 0 heterocycles. The van der Waals surface area contributed by atoms with Crippen LogP contribution in [0.4, 0.5) is 0 Å². The molecule has 4 rings (SSSR count). The fourth-order valence-corrected chi connectivity index (χ4v) is 4.99. The van der Waals surface area contributed by atoms with Gasteiger partial charge in [0.2, 0.25) is 0 Å². The molecule has 0 unspecified atom stereocenters. The van der Waals surface area contributed by atoms with E-state index in [1.165, 1.54) is 37.9 Å². The minimum absolute atomic E-state index is 0. The Morgan fingerprint density at radius 2 is 1.73 bits per heavy atom. The Morgan fingerprint density at radius 1 is 1.00 bits per heavy atom. The van der Waals surface area contributed by atoms with Crippen molar-refractivity contribution in [1.29, 1.82) is 0 Å². The molecule has 0 aromatic heterocycles. The van der Waals surface area contributed by atoms with Gasteiger partial charge in [-0.1, -0.05) is 84.0 Å². The van der Waals surface area contributed by atoms with Crippen LogP contribution in [0.25, 0.3) is 11.6 Å². The molecule has 1 radical (unpaired) electrons. The summed E-state index contributed by atoms with van der Waals surface area (Å²) in [6.07, 6.45) is 10.5. The number of allylic oxidation sites excluding steroid dienone is 4. The fraction of sp³-hybridized carbons (Fsp3) is 0.227. The molecule has 0 nitrogen and oxygen atoms in total. The first-order chi connectivity index (χ1) is 11.2. The SMILES string of the molecule is CCC1=C(c2c3c(ccc2=[Si](C)C)=c2ccccc2=[C-]3)CC=C1.[Cl-].[Cl-].[Zr+3]. The predicted octanol–water partition coefficient (Wildman–Crippen LogP) is -1.29. The molecule has 0 fully saturated rings. The van der Waals surface area contributed by atoms with Crippen molar-refractivity contribution in [2.24, 2.45) is 0 Å². The zero-order valence-electron chi connectivity index (χ0n) is 15.3. The van der Waals surface area contributed by atoms with Crippen LogP contribution in [0.15, 0.2) is 54.1 Å². The summed E-state index contributed by atoms with van der Waals surface area (Å²) >= 11 is 0. The van der Waals surface area contributed by atoms with Crippen molar-refractivity contribution in [3.05, 3.63) is 85.7 Å².